The molecule has 4 nitrogen and oxygen atoms in total. The third-order valence-electron chi connectivity index (χ3n) is 3.47. The number of nitrogens with one attached hydrogen (secondary N) is 1. The minimum atomic E-state index is 0.473. The normalized spacial score (nSPS) is 14.2. The fourth-order valence-corrected chi connectivity index (χ4v) is 2.78. The highest BCUT2D eigenvalue weighted by Crippen LogP contribution is 2.32. The zero-order valence-electron chi connectivity index (χ0n) is 12.4. The van der Waals surface area contributed by atoms with Gasteiger partial charge < -0.3 is 14.8 Å². The Morgan fingerprint density at radius 3 is 2.90 bits per heavy atom. The van der Waals surface area contributed by atoms with Crippen LogP contribution in [-0.4, -0.2) is 18.1 Å². The summed E-state index contributed by atoms with van der Waals surface area (Å²) in [5.74, 6) is 1.59. The van der Waals surface area contributed by atoms with E-state index >= 15 is 0 Å². The summed E-state index contributed by atoms with van der Waals surface area (Å²) in [5.41, 5.74) is 2.10. The number of hydrogen-bond acceptors (Lipinski definition) is 5. The maximum absolute atomic E-state index is 5.99. The van der Waals surface area contributed by atoms with E-state index in [0.29, 0.717) is 12.6 Å². The highest BCUT2D eigenvalue weighted by atomic mass is 32.1. The van der Waals surface area contributed by atoms with Crippen LogP contribution in [0.15, 0.2) is 23.6 Å². The molecule has 0 bridgehead atoms. The SMILES string of the molecule is COc1cccc(CNC2CC2)c1OCc1csc(C)n1. The predicted octanol–water partition coefficient (Wildman–Crippen LogP) is 3.29. The molecule has 0 atom stereocenters. The highest BCUT2D eigenvalue weighted by Gasteiger charge is 2.21. The summed E-state index contributed by atoms with van der Waals surface area (Å²) >= 11 is 1.64. The van der Waals surface area contributed by atoms with Crippen molar-refractivity contribution in [2.45, 2.75) is 39.0 Å². The average Bonchev–Trinajstić information content (AvgIpc) is 3.24. The van der Waals surface area contributed by atoms with Gasteiger partial charge in [-0.3, -0.25) is 0 Å². The Labute approximate surface area is 129 Å². The summed E-state index contributed by atoms with van der Waals surface area (Å²) in [5, 5.41) is 6.61. The third kappa shape index (κ3) is 3.74. The number of benzene rings is 1. The van der Waals surface area contributed by atoms with Gasteiger partial charge in [0.15, 0.2) is 11.5 Å². The second-order valence-electron chi connectivity index (χ2n) is 5.25. The van der Waals surface area contributed by atoms with Crippen molar-refractivity contribution in [1.82, 2.24) is 10.3 Å². The number of aromatic nitrogens is 1. The third-order valence-corrected chi connectivity index (χ3v) is 4.29. The van der Waals surface area contributed by atoms with Gasteiger partial charge in [0.1, 0.15) is 6.61 Å². The molecule has 0 saturated heterocycles. The first kappa shape index (κ1) is 14.4. The van der Waals surface area contributed by atoms with E-state index in [1.165, 1.54) is 12.8 Å². The molecule has 0 unspecified atom stereocenters. The lowest BCUT2D eigenvalue weighted by molar-refractivity contribution is 0.277. The Balaban J connectivity index is 1.73. The van der Waals surface area contributed by atoms with Crippen LogP contribution in [0.4, 0.5) is 0 Å². The number of hydrogen-bond donors (Lipinski definition) is 1. The molecule has 2 aromatic rings. The molecule has 1 aromatic heterocycles. The van der Waals surface area contributed by atoms with Crippen molar-refractivity contribution in [2.75, 3.05) is 7.11 Å². The van der Waals surface area contributed by atoms with E-state index in [-0.39, 0.29) is 0 Å². The summed E-state index contributed by atoms with van der Waals surface area (Å²) in [6.07, 6.45) is 2.55. The summed E-state index contributed by atoms with van der Waals surface area (Å²) in [6.45, 7) is 3.29. The summed E-state index contributed by atoms with van der Waals surface area (Å²) in [7, 11) is 1.67. The van der Waals surface area contributed by atoms with Crippen LogP contribution in [0.5, 0.6) is 11.5 Å². The molecular weight excluding hydrogens is 284 g/mol. The summed E-state index contributed by atoms with van der Waals surface area (Å²) in [6, 6.07) is 6.69. The van der Waals surface area contributed by atoms with Crippen molar-refractivity contribution in [1.29, 1.82) is 0 Å². The van der Waals surface area contributed by atoms with E-state index in [1.807, 2.05) is 24.4 Å². The first-order valence-corrected chi connectivity index (χ1v) is 8.07. The molecule has 1 aliphatic carbocycles. The van der Waals surface area contributed by atoms with E-state index in [1.54, 1.807) is 18.4 Å². The maximum Gasteiger partial charge on any atom is 0.166 e. The number of methoxy groups -OCH3 is 1. The molecule has 1 heterocycles. The zero-order valence-corrected chi connectivity index (χ0v) is 13.2. The Morgan fingerprint density at radius 1 is 1.38 bits per heavy atom. The molecule has 5 heteroatoms. The summed E-state index contributed by atoms with van der Waals surface area (Å²) < 4.78 is 11.4. The molecule has 0 aliphatic heterocycles. The quantitative estimate of drug-likeness (QED) is 0.852. The van der Waals surface area contributed by atoms with E-state index in [2.05, 4.69) is 16.4 Å². The number of rotatable bonds is 7. The lowest BCUT2D eigenvalue weighted by Gasteiger charge is -2.15. The van der Waals surface area contributed by atoms with Crippen LogP contribution in [0.3, 0.4) is 0 Å². The molecule has 1 fully saturated rings. The van der Waals surface area contributed by atoms with Crippen molar-refractivity contribution in [3.63, 3.8) is 0 Å². The zero-order chi connectivity index (χ0) is 14.7. The van der Waals surface area contributed by atoms with Crippen molar-refractivity contribution >= 4 is 11.3 Å². The molecule has 0 amide bonds. The Hall–Kier alpha value is -1.59. The largest absolute Gasteiger partial charge is 0.493 e. The van der Waals surface area contributed by atoms with Crippen LogP contribution in [0, 0.1) is 6.92 Å². The van der Waals surface area contributed by atoms with Crippen molar-refractivity contribution in [3.05, 3.63) is 39.8 Å². The summed E-state index contributed by atoms with van der Waals surface area (Å²) in [4.78, 5) is 4.43. The molecule has 1 saturated carbocycles. The molecule has 1 aliphatic rings. The van der Waals surface area contributed by atoms with E-state index in [0.717, 1.165) is 34.3 Å². The van der Waals surface area contributed by atoms with E-state index in [9.17, 15) is 0 Å². The molecule has 1 N–H and O–H groups in total. The Bertz CT molecular complexity index is 608. The lowest BCUT2D eigenvalue weighted by Crippen LogP contribution is -2.16. The standard InChI is InChI=1S/C16H20N2O2S/c1-11-18-14(10-21-11)9-20-16-12(8-17-13-6-7-13)4-3-5-15(16)19-2/h3-5,10,13,17H,6-9H2,1-2H3. The van der Waals surface area contributed by atoms with Gasteiger partial charge in [-0.15, -0.1) is 11.3 Å². The van der Waals surface area contributed by atoms with Crippen molar-refractivity contribution < 1.29 is 9.47 Å². The lowest BCUT2D eigenvalue weighted by atomic mass is 10.2. The highest BCUT2D eigenvalue weighted by molar-refractivity contribution is 7.09. The van der Waals surface area contributed by atoms with Crippen LogP contribution in [0.1, 0.15) is 29.1 Å². The van der Waals surface area contributed by atoms with Gasteiger partial charge in [-0.1, -0.05) is 12.1 Å². The molecule has 112 valence electrons. The second kappa shape index (κ2) is 6.45. The van der Waals surface area contributed by atoms with Gasteiger partial charge >= 0.3 is 0 Å². The van der Waals surface area contributed by atoms with Gasteiger partial charge in [-0.05, 0) is 25.8 Å². The number of nitrogens with zero attached hydrogens (tertiary/aromatic N) is 1. The minimum absolute atomic E-state index is 0.473. The Kier molecular flexibility index (Phi) is 4.41. The number of thiazole rings is 1. The molecule has 0 radical (unpaired) electrons. The number of para-hydroxylation sites is 1. The van der Waals surface area contributed by atoms with Gasteiger partial charge in [-0.2, -0.15) is 0 Å². The topological polar surface area (TPSA) is 43.4 Å². The van der Waals surface area contributed by atoms with E-state index < -0.39 is 0 Å². The molecule has 0 spiro atoms. The first-order chi connectivity index (χ1) is 10.3. The van der Waals surface area contributed by atoms with Gasteiger partial charge in [0.05, 0.1) is 17.8 Å². The number of ether oxygens (including phenoxy) is 2. The van der Waals surface area contributed by atoms with Crippen LogP contribution < -0.4 is 14.8 Å². The second-order valence-corrected chi connectivity index (χ2v) is 6.31. The molecular formula is C16H20N2O2S. The van der Waals surface area contributed by atoms with Gasteiger partial charge in [0.2, 0.25) is 0 Å². The smallest absolute Gasteiger partial charge is 0.166 e. The van der Waals surface area contributed by atoms with E-state index in [4.69, 9.17) is 9.47 Å². The monoisotopic (exact) mass is 304 g/mol. The molecule has 21 heavy (non-hydrogen) atoms. The minimum Gasteiger partial charge on any atom is -0.493 e. The maximum atomic E-state index is 5.99. The van der Waals surface area contributed by atoms with Gasteiger partial charge in [0, 0.05) is 23.5 Å². The van der Waals surface area contributed by atoms with Gasteiger partial charge in [0.25, 0.3) is 0 Å². The first-order valence-electron chi connectivity index (χ1n) is 7.19. The predicted molar refractivity (Wildman–Crippen MR) is 84.0 cm³/mol. The van der Waals surface area contributed by atoms with Crippen LogP contribution in [0.2, 0.25) is 0 Å². The van der Waals surface area contributed by atoms with Crippen LogP contribution in [0.25, 0.3) is 0 Å². The molecule has 1 aromatic carbocycles. The van der Waals surface area contributed by atoms with Crippen LogP contribution >= 0.6 is 11.3 Å². The van der Waals surface area contributed by atoms with Crippen molar-refractivity contribution in [3.8, 4) is 11.5 Å². The van der Waals surface area contributed by atoms with Crippen molar-refractivity contribution in [2.24, 2.45) is 0 Å². The number of aryl methyl sites for hydroxylation is 1. The fraction of sp³-hybridized carbons (Fsp3) is 0.438. The average molecular weight is 304 g/mol. The Morgan fingerprint density at radius 2 is 2.24 bits per heavy atom. The van der Waals surface area contributed by atoms with Gasteiger partial charge in [-0.25, -0.2) is 4.98 Å². The fourth-order valence-electron chi connectivity index (χ4n) is 2.19. The molecule has 3 rings (SSSR count). The van der Waals surface area contributed by atoms with Crippen LogP contribution in [-0.2, 0) is 13.2 Å².